The molecule has 1 N–H and O–H groups in total. The van der Waals surface area contributed by atoms with Gasteiger partial charge in [0.1, 0.15) is 0 Å². The molecule has 4 rings (SSSR count). The maximum atomic E-state index is 12.5. The van der Waals surface area contributed by atoms with Gasteiger partial charge in [0.2, 0.25) is 5.91 Å². The van der Waals surface area contributed by atoms with Gasteiger partial charge >= 0.3 is 0 Å². The molecule has 1 aliphatic carbocycles. The first-order valence-corrected chi connectivity index (χ1v) is 9.41. The number of carbonyl (C=O) groups excluding carboxylic acids is 2. The number of rotatable bonds is 4. The molecule has 7 heteroatoms. The van der Waals surface area contributed by atoms with Gasteiger partial charge < -0.3 is 10.2 Å². The maximum absolute atomic E-state index is 12.5. The molecule has 1 saturated heterocycles. The van der Waals surface area contributed by atoms with Crippen molar-refractivity contribution in [3.8, 4) is 0 Å². The summed E-state index contributed by atoms with van der Waals surface area (Å²) in [4.78, 5) is 26.8. The van der Waals surface area contributed by atoms with Crippen molar-refractivity contribution >= 4 is 11.8 Å². The van der Waals surface area contributed by atoms with Crippen LogP contribution in [-0.2, 0) is 10.3 Å². The highest BCUT2D eigenvalue weighted by molar-refractivity contribution is 5.93. The van der Waals surface area contributed by atoms with Gasteiger partial charge in [-0.05, 0) is 32.8 Å². The third-order valence-corrected chi connectivity index (χ3v) is 5.29. The van der Waals surface area contributed by atoms with Crippen molar-refractivity contribution < 1.29 is 9.59 Å². The van der Waals surface area contributed by atoms with Gasteiger partial charge in [-0.25, -0.2) is 4.68 Å². The monoisotopic (exact) mass is 367 g/mol. The number of hydrogen-bond donors (Lipinski definition) is 1. The number of benzene rings is 1. The fraction of sp³-hybridized carbons (Fsp3) is 0.500. The van der Waals surface area contributed by atoms with E-state index < -0.39 is 0 Å². The van der Waals surface area contributed by atoms with Gasteiger partial charge in [-0.1, -0.05) is 35.5 Å². The molecule has 2 aliphatic rings. The van der Waals surface area contributed by atoms with Crippen molar-refractivity contribution in [2.45, 2.75) is 57.2 Å². The second-order valence-electron chi connectivity index (χ2n) is 8.46. The van der Waals surface area contributed by atoms with Crippen molar-refractivity contribution in [1.82, 2.24) is 25.2 Å². The third-order valence-electron chi connectivity index (χ3n) is 5.29. The molecule has 3 unspecified atom stereocenters. The lowest BCUT2D eigenvalue weighted by atomic mass is 10.1. The lowest BCUT2D eigenvalue weighted by Gasteiger charge is -2.18. The van der Waals surface area contributed by atoms with Crippen LogP contribution in [0.3, 0.4) is 0 Å². The Kier molecular flexibility index (Phi) is 4.25. The van der Waals surface area contributed by atoms with Crippen LogP contribution in [0.2, 0.25) is 0 Å². The Morgan fingerprint density at radius 2 is 1.96 bits per heavy atom. The number of hydrogen-bond acceptors (Lipinski definition) is 4. The smallest absolute Gasteiger partial charge is 0.273 e. The van der Waals surface area contributed by atoms with Crippen LogP contribution < -0.4 is 5.32 Å². The van der Waals surface area contributed by atoms with Gasteiger partial charge in [0.05, 0.1) is 17.8 Å². The standard InChI is InChI=1S/C20H25N5O2/c1-20(2,3)25-12-16(22-23-25)19(27)21-14-9-18(26)24(11-14)17-10-15(17)13-7-5-4-6-8-13/h4-8,12,14-15,17H,9-11H2,1-3H3,(H,21,27). The molecule has 2 aromatic rings. The average molecular weight is 367 g/mol. The fourth-order valence-corrected chi connectivity index (χ4v) is 3.69. The molecular weight excluding hydrogens is 342 g/mol. The van der Waals surface area contributed by atoms with Gasteiger partial charge in [0, 0.05) is 24.9 Å². The molecule has 1 aliphatic heterocycles. The minimum Gasteiger partial charge on any atom is -0.346 e. The summed E-state index contributed by atoms with van der Waals surface area (Å²) >= 11 is 0. The molecule has 1 aromatic heterocycles. The predicted molar refractivity (Wildman–Crippen MR) is 100 cm³/mol. The quantitative estimate of drug-likeness (QED) is 0.895. The number of carbonyl (C=O) groups is 2. The Bertz CT molecular complexity index is 855. The van der Waals surface area contributed by atoms with Crippen LogP contribution in [-0.4, -0.2) is 50.3 Å². The maximum Gasteiger partial charge on any atom is 0.273 e. The zero-order valence-electron chi connectivity index (χ0n) is 15.9. The zero-order valence-corrected chi connectivity index (χ0v) is 15.9. The molecule has 0 radical (unpaired) electrons. The third kappa shape index (κ3) is 3.59. The Balaban J connectivity index is 1.36. The SMILES string of the molecule is CC(C)(C)n1cc(C(=O)NC2CC(=O)N(C3CC3c3ccccc3)C2)nn1. The highest BCUT2D eigenvalue weighted by atomic mass is 16.2. The van der Waals surface area contributed by atoms with Gasteiger partial charge in [-0.15, -0.1) is 5.10 Å². The van der Waals surface area contributed by atoms with E-state index in [1.165, 1.54) is 5.56 Å². The number of likely N-dealkylation sites (tertiary alicyclic amines) is 1. The molecule has 3 atom stereocenters. The predicted octanol–water partition coefficient (Wildman–Crippen LogP) is 1.92. The molecule has 1 aromatic carbocycles. The van der Waals surface area contributed by atoms with E-state index in [2.05, 4.69) is 27.8 Å². The van der Waals surface area contributed by atoms with E-state index in [-0.39, 0.29) is 35.1 Å². The van der Waals surface area contributed by atoms with Crippen LogP contribution in [0.1, 0.15) is 55.6 Å². The summed E-state index contributed by atoms with van der Waals surface area (Å²) in [7, 11) is 0. The van der Waals surface area contributed by atoms with E-state index in [1.807, 2.05) is 43.9 Å². The molecule has 142 valence electrons. The molecule has 1 saturated carbocycles. The Labute approximate surface area is 158 Å². The summed E-state index contributed by atoms with van der Waals surface area (Å²) in [5, 5.41) is 10.9. The Hall–Kier alpha value is -2.70. The highest BCUT2D eigenvalue weighted by Crippen LogP contribution is 2.45. The van der Waals surface area contributed by atoms with E-state index in [9.17, 15) is 9.59 Å². The van der Waals surface area contributed by atoms with Crippen molar-refractivity contribution in [1.29, 1.82) is 0 Å². The van der Waals surface area contributed by atoms with Crippen LogP contribution in [0, 0.1) is 0 Å². The van der Waals surface area contributed by atoms with E-state index >= 15 is 0 Å². The normalized spacial score (nSPS) is 24.9. The minimum absolute atomic E-state index is 0.113. The highest BCUT2D eigenvalue weighted by Gasteiger charge is 2.48. The summed E-state index contributed by atoms with van der Waals surface area (Å²) in [6.45, 7) is 6.55. The minimum atomic E-state index is -0.277. The number of nitrogens with one attached hydrogen (secondary N) is 1. The molecule has 2 amide bonds. The molecule has 2 fully saturated rings. The van der Waals surface area contributed by atoms with E-state index in [1.54, 1.807) is 10.9 Å². The van der Waals surface area contributed by atoms with Gasteiger partial charge in [0.15, 0.2) is 5.69 Å². The van der Waals surface area contributed by atoms with Crippen LogP contribution in [0.5, 0.6) is 0 Å². The Morgan fingerprint density at radius 3 is 2.63 bits per heavy atom. The van der Waals surface area contributed by atoms with Crippen LogP contribution in [0.4, 0.5) is 0 Å². The van der Waals surface area contributed by atoms with Gasteiger partial charge in [-0.3, -0.25) is 9.59 Å². The first kappa shape index (κ1) is 17.7. The van der Waals surface area contributed by atoms with Crippen molar-refractivity contribution in [3.63, 3.8) is 0 Å². The first-order valence-electron chi connectivity index (χ1n) is 9.41. The van der Waals surface area contributed by atoms with Crippen molar-refractivity contribution in [2.75, 3.05) is 6.54 Å². The molecule has 27 heavy (non-hydrogen) atoms. The summed E-state index contributed by atoms with van der Waals surface area (Å²) in [5.41, 5.74) is 1.33. The van der Waals surface area contributed by atoms with Crippen LogP contribution in [0.25, 0.3) is 0 Å². The Morgan fingerprint density at radius 1 is 1.22 bits per heavy atom. The van der Waals surface area contributed by atoms with Gasteiger partial charge in [-0.2, -0.15) is 0 Å². The fourth-order valence-electron chi connectivity index (χ4n) is 3.69. The topological polar surface area (TPSA) is 80.1 Å². The summed E-state index contributed by atoms with van der Waals surface area (Å²) in [5.74, 6) is 0.249. The van der Waals surface area contributed by atoms with Gasteiger partial charge in [0.25, 0.3) is 5.91 Å². The van der Waals surface area contributed by atoms with E-state index in [4.69, 9.17) is 0 Å². The second kappa shape index (κ2) is 6.48. The van der Waals surface area contributed by atoms with E-state index in [0.717, 1.165) is 6.42 Å². The molecular formula is C20H25N5O2. The summed E-state index contributed by atoms with van der Waals surface area (Å²) in [6.07, 6.45) is 2.99. The van der Waals surface area contributed by atoms with Crippen LogP contribution >= 0.6 is 0 Å². The number of amides is 2. The summed E-state index contributed by atoms with van der Waals surface area (Å²) < 4.78 is 1.67. The molecule has 7 nitrogen and oxygen atoms in total. The van der Waals surface area contributed by atoms with Crippen molar-refractivity contribution in [2.24, 2.45) is 0 Å². The van der Waals surface area contributed by atoms with E-state index in [0.29, 0.717) is 18.9 Å². The zero-order chi connectivity index (χ0) is 19.2. The summed E-state index contributed by atoms with van der Waals surface area (Å²) in [6, 6.07) is 10.4. The first-order chi connectivity index (χ1) is 12.8. The average Bonchev–Trinajstić information content (AvgIpc) is 3.07. The lowest BCUT2D eigenvalue weighted by Crippen LogP contribution is -2.38. The van der Waals surface area contributed by atoms with Crippen molar-refractivity contribution in [3.05, 3.63) is 47.8 Å². The molecule has 0 bridgehead atoms. The largest absolute Gasteiger partial charge is 0.346 e. The number of aromatic nitrogens is 3. The van der Waals surface area contributed by atoms with Crippen LogP contribution in [0.15, 0.2) is 36.5 Å². The number of nitrogens with zero attached hydrogens (tertiary/aromatic N) is 4. The molecule has 2 heterocycles. The second-order valence-corrected chi connectivity index (χ2v) is 8.46. The molecule has 0 spiro atoms. The lowest BCUT2D eigenvalue weighted by molar-refractivity contribution is -0.128.